The number of nitrogens with one attached hydrogen (secondary N) is 1. The fourth-order valence-corrected chi connectivity index (χ4v) is 3.11. The van der Waals surface area contributed by atoms with Crippen molar-refractivity contribution in [3.63, 3.8) is 0 Å². The molecule has 30 heavy (non-hydrogen) atoms. The number of hydrogen-bond donors (Lipinski definition) is 1. The number of fused-ring (bicyclic) bond motifs is 1. The number of nitrogens with zero attached hydrogens (tertiary/aromatic N) is 4. The summed E-state index contributed by atoms with van der Waals surface area (Å²) >= 11 is 0. The number of carbonyl (C=O) groups is 1. The molecule has 10 heteroatoms. The van der Waals surface area contributed by atoms with Crippen LogP contribution in [0.1, 0.15) is 11.7 Å². The molecule has 0 saturated carbocycles. The van der Waals surface area contributed by atoms with Gasteiger partial charge in [-0.2, -0.15) is 4.98 Å². The largest absolute Gasteiger partial charge is 0.337 e. The topological polar surface area (TPSA) is 112 Å². The van der Waals surface area contributed by atoms with Gasteiger partial charge < -0.3 is 9.84 Å². The second kappa shape index (κ2) is 7.74. The van der Waals surface area contributed by atoms with Crippen LogP contribution in [-0.4, -0.2) is 25.2 Å². The molecule has 9 nitrogen and oxygen atoms in total. The highest BCUT2D eigenvalue weighted by Gasteiger charge is 2.17. The summed E-state index contributed by atoms with van der Waals surface area (Å²) in [5.41, 5.74) is -0.677. The molecule has 0 aliphatic heterocycles. The summed E-state index contributed by atoms with van der Waals surface area (Å²) in [4.78, 5) is 42.4. The summed E-state index contributed by atoms with van der Waals surface area (Å²) in [6.45, 7) is 1.01. The first kappa shape index (κ1) is 19.2. The first-order valence-electron chi connectivity index (χ1n) is 8.99. The Bertz CT molecular complexity index is 1370. The van der Waals surface area contributed by atoms with Crippen LogP contribution in [0.15, 0.2) is 62.6 Å². The molecule has 4 aromatic rings. The van der Waals surface area contributed by atoms with Crippen LogP contribution in [-0.2, 0) is 17.9 Å². The number of aryl methyl sites for hydroxylation is 1. The van der Waals surface area contributed by atoms with Gasteiger partial charge in [-0.1, -0.05) is 23.4 Å². The van der Waals surface area contributed by atoms with E-state index in [2.05, 4.69) is 15.5 Å². The number of para-hydroxylation sites is 1. The Hall–Kier alpha value is -4.08. The number of carbonyl (C=O) groups excluding carboxylic acids is 1. The monoisotopic (exact) mass is 409 g/mol. The predicted molar refractivity (Wildman–Crippen MR) is 106 cm³/mol. The lowest BCUT2D eigenvalue weighted by Crippen LogP contribution is -2.42. The molecule has 1 N–H and O–H groups in total. The van der Waals surface area contributed by atoms with Gasteiger partial charge in [0.2, 0.25) is 11.8 Å². The first-order chi connectivity index (χ1) is 14.4. The van der Waals surface area contributed by atoms with Gasteiger partial charge in [-0.3, -0.25) is 18.7 Å². The van der Waals surface area contributed by atoms with Gasteiger partial charge in [0.1, 0.15) is 18.9 Å². The Morgan fingerprint density at radius 2 is 1.93 bits per heavy atom. The van der Waals surface area contributed by atoms with Crippen molar-refractivity contribution in [3.8, 4) is 0 Å². The van der Waals surface area contributed by atoms with Gasteiger partial charge in [-0.25, -0.2) is 9.18 Å². The number of hydrogen-bond acceptors (Lipinski definition) is 6. The van der Waals surface area contributed by atoms with Crippen molar-refractivity contribution in [2.75, 3.05) is 5.32 Å². The van der Waals surface area contributed by atoms with E-state index in [1.54, 1.807) is 31.2 Å². The lowest BCUT2D eigenvalue weighted by molar-refractivity contribution is -0.116. The maximum Gasteiger partial charge on any atom is 0.332 e. The zero-order valence-electron chi connectivity index (χ0n) is 15.8. The minimum absolute atomic E-state index is 0.0951. The highest BCUT2D eigenvalue weighted by molar-refractivity contribution is 5.91. The lowest BCUT2D eigenvalue weighted by Gasteiger charge is -2.13. The minimum Gasteiger partial charge on any atom is -0.337 e. The molecule has 152 valence electrons. The quantitative estimate of drug-likeness (QED) is 0.537. The van der Waals surface area contributed by atoms with Crippen LogP contribution >= 0.6 is 0 Å². The van der Waals surface area contributed by atoms with Crippen molar-refractivity contribution < 1.29 is 13.7 Å². The number of benzene rings is 2. The van der Waals surface area contributed by atoms with Gasteiger partial charge in [0.05, 0.1) is 10.9 Å². The van der Waals surface area contributed by atoms with Crippen molar-refractivity contribution in [1.29, 1.82) is 0 Å². The highest BCUT2D eigenvalue weighted by atomic mass is 19.1. The van der Waals surface area contributed by atoms with Crippen molar-refractivity contribution >= 4 is 22.5 Å². The van der Waals surface area contributed by atoms with Crippen LogP contribution in [0.4, 0.5) is 10.1 Å². The highest BCUT2D eigenvalue weighted by Crippen LogP contribution is 2.11. The average Bonchev–Trinajstić information content (AvgIpc) is 3.13. The summed E-state index contributed by atoms with van der Waals surface area (Å²) in [7, 11) is 0. The van der Waals surface area contributed by atoms with E-state index in [1.807, 2.05) is 0 Å². The molecule has 0 bridgehead atoms. The number of rotatable bonds is 5. The van der Waals surface area contributed by atoms with Gasteiger partial charge in [-0.05, 0) is 37.3 Å². The second-order valence-electron chi connectivity index (χ2n) is 6.57. The molecule has 2 heterocycles. The van der Waals surface area contributed by atoms with E-state index < -0.39 is 23.0 Å². The van der Waals surface area contributed by atoms with Crippen molar-refractivity contribution in [3.05, 3.63) is 86.9 Å². The summed E-state index contributed by atoms with van der Waals surface area (Å²) in [5, 5.41) is 6.45. The Kier molecular flexibility index (Phi) is 4.97. The van der Waals surface area contributed by atoms with E-state index in [0.29, 0.717) is 11.3 Å². The molecule has 0 fully saturated rings. The third kappa shape index (κ3) is 3.75. The normalized spacial score (nSPS) is 11.0. The summed E-state index contributed by atoms with van der Waals surface area (Å²) < 4.78 is 20.5. The van der Waals surface area contributed by atoms with Crippen LogP contribution < -0.4 is 16.6 Å². The Morgan fingerprint density at radius 1 is 1.13 bits per heavy atom. The zero-order chi connectivity index (χ0) is 21.3. The number of amides is 1. The Balaban J connectivity index is 1.75. The molecule has 0 aliphatic carbocycles. The van der Waals surface area contributed by atoms with E-state index in [1.165, 1.54) is 22.8 Å². The van der Waals surface area contributed by atoms with Crippen molar-refractivity contribution in [2.45, 2.75) is 20.0 Å². The van der Waals surface area contributed by atoms with Gasteiger partial charge >= 0.3 is 5.69 Å². The van der Waals surface area contributed by atoms with E-state index in [4.69, 9.17) is 4.52 Å². The smallest absolute Gasteiger partial charge is 0.332 e. The third-order valence-corrected chi connectivity index (χ3v) is 4.41. The van der Waals surface area contributed by atoms with Gasteiger partial charge in [0.25, 0.3) is 5.56 Å². The second-order valence-corrected chi connectivity index (χ2v) is 6.57. The maximum atomic E-state index is 13.4. The summed E-state index contributed by atoms with van der Waals surface area (Å²) in [5.74, 6) is -0.586. The van der Waals surface area contributed by atoms with Gasteiger partial charge in [-0.15, -0.1) is 0 Å². The molecule has 0 unspecified atom stereocenters. The minimum atomic E-state index is -0.705. The predicted octanol–water partition coefficient (Wildman–Crippen LogP) is 1.68. The summed E-state index contributed by atoms with van der Waals surface area (Å²) in [6.07, 6.45) is 0. The molecule has 4 rings (SSSR count). The van der Waals surface area contributed by atoms with Crippen LogP contribution in [0.3, 0.4) is 0 Å². The van der Waals surface area contributed by atoms with Crippen LogP contribution in [0.5, 0.6) is 0 Å². The standard InChI is InChI=1S/C20H16FN5O4/c1-12-22-18(30-24-12)11-26-19(28)15-7-2-3-8-16(15)25(20(26)29)10-17(27)23-14-6-4-5-13(21)9-14/h2-9H,10-11H2,1H3,(H,23,27). The fourth-order valence-electron chi connectivity index (χ4n) is 3.11. The Labute approximate surface area is 168 Å². The van der Waals surface area contributed by atoms with Crippen molar-refractivity contribution in [2.24, 2.45) is 0 Å². The summed E-state index contributed by atoms with van der Waals surface area (Å²) in [6, 6.07) is 11.9. The molecule has 2 aromatic carbocycles. The molecular weight excluding hydrogens is 393 g/mol. The number of halogens is 1. The molecule has 0 atom stereocenters. The molecule has 0 aliphatic rings. The molecule has 2 aromatic heterocycles. The van der Waals surface area contributed by atoms with Gasteiger partial charge in [0, 0.05) is 5.69 Å². The molecule has 0 saturated heterocycles. The fraction of sp³-hybridized carbons (Fsp3) is 0.150. The number of aromatic nitrogens is 4. The maximum absolute atomic E-state index is 13.4. The van der Waals surface area contributed by atoms with E-state index in [-0.39, 0.29) is 30.1 Å². The molecule has 0 spiro atoms. The third-order valence-electron chi connectivity index (χ3n) is 4.41. The van der Waals surface area contributed by atoms with Crippen LogP contribution in [0.2, 0.25) is 0 Å². The number of anilines is 1. The zero-order valence-corrected chi connectivity index (χ0v) is 15.8. The molecule has 1 amide bonds. The lowest BCUT2D eigenvalue weighted by atomic mass is 10.2. The van der Waals surface area contributed by atoms with E-state index >= 15 is 0 Å². The molecule has 0 radical (unpaired) electrons. The molecular formula is C20H16FN5O4. The van der Waals surface area contributed by atoms with Crippen LogP contribution in [0, 0.1) is 12.7 Å². The first-order valence-corrected chi connectivity index (χ1v) is 8.99. The van der Waals surface area contributed by atoms with E-state index in [9.17, 15) is 18.8 Å². The van der Waals surface area contributed by atoms with Gasteiger partial charge in [0.15, 0.2) is 5.82 Å². The van der Waals surface area contributed by atoms with Crippen LogP contribution in [0.25, 0.3) is 10.9 Å². The Morgan fingerprint density at radius 3 is 2.67 bits per heavy atom. The van der Waals surface area contributed by atoms with Crippen molar-refractivity contribution in [1.82, 2.24) is 19.3 Å². The van der Waals surface area contributed by atoms with E-state index in [0.717, 1.165) is 10.6 Å². The average molecular weight is 409 g/mol. The SMILES string of the molecule is Cc1noc(Cn2c(=O)c3ccccc3n(CC(=O)Nc3cccc(F)c3)c2=O)n1.